The zero-order valence-electron chi connectivity index (χ0n) is 13.4. The summed E-state index contributed by atoms with van der Waals surface area (Å²) in [5.41, 5.74) is 6.43. The van der Waals surface area contributed by atoms with E-state index in [1.165, 1.54) is 0 Å². The summed E-state index contributed by atoms with van der Waals surface area (Å²) in [5, 5.41) is -0.463. The molecule has 5 nitrogen and oxygen atoms in total. The van der Waals surface area contributed by atoms with Crippen molar-refractivity contribution in [3.8, 4) is 5.75 Å². The molecule has 1 aromatic carbocycles. The highest BCUT2D eigenvalue weighted by atomic mass is 32.2. The summed E-state index contributed by atoms with van der Waals surface area (Å²) >= 11 is 0. The fourth-order valence-corrected chi connectivity index (χ4v) is 5.43. The van der Waals surface area contributed by atoms with Gasteiger partial charge in [0.05, 0.1) is 19.0 Å². The molecular weight excluding hydrogens is 302 g/mol. The van der Waals surface area contributed by atoms with E-state index in [2.05, 4.69) is 0 Å². The minimum absolute atomic E-state index is 0.111. The second-order valence-electron chi connectivity index (χ2n) is 5.70. The van der Waals surface area contributed by atoms with Crippen LogP contribution < -0.4 is 10.5 Å². The number of benzene rings is 1. The number of ether oxygens (including phenoxy) is 2. The van der Waals surface area contributed by atoms with Crippen LogP contribution in [0.3, 0.4) is 0 Å². The molecule has 1 aliphatic rings. The highest BCUT2D eigenvalue weighted by Gasteiger charge is 2.69. The van der Waals surface area contributed by atoms with E-state index in [9.17, 15) is 8.42 Å². The van der Waals surface area contributed by atoms with E-state index in [-0.39, 0.29) is 11.7 Å². The highest BCUT2D eigenvalue weighted by molar-refractivity contribution is 7.92. The van der Waals surface area contributed by atoms with Crippen LogP contribution in [0.4, 0.5) is 0 Å². The van der Waals surface area contributed by atoms with Crippen LogP contribution in [-0.2, 0) is 14.6 Å². The Kier molecular flexibility index (Phi) is 5.14. The topological polar surface area (TPSA) is 78.6 Å². The molecule has 0 amide bonds. The molecule has 2 rings (SSSR count). The van der Waals surface area contributed by atoms with Crippen LogP contribution >= 0.6 is 0 Å². The van der Waals surface area contributed by atoms with E-state index < -0.39 is 20.5 Å². The number of methoxy groups -OCH3 is 1. The van der Waals surface area contributed by atoms with E-state index in [1.807, 2.05) is 31.2 Å². The van der Waals surface area contributed by atoms with Gasteiger partial charge in [0.25, 0.3) is 0 Å². The van der Waals surface area contributed by atoms with Gasteiger partial charge in [-0.15, -0.1) is 0 Å². The molecule has 1 aliphatic carbocycles. The van der Waals surface area contributed by atoms with E-state index in [1.54, 1.807) is 14.0 Å². The van der Waals surface area contributed by atoms with Gasteiger partial charge >= 0.3 is 0 Å². The lowest BCUT2D eigenvalue weighted by Crippen LogP contribution is -2.29. The van der Waals surface area contributed by atoms with Crippen molar-refractivity contribution in [3.63, 3.8) is 0 Å². The maximum atomic E-state index is 12.5. The lowest BCUT2D eigenvalue weighted by atomic mass is 10.00. The molecule has 3 atom stereocenters. The fourth-order valence-electron chi connectivity index (χ4n) is 3.28. The predicted molar refractivity (Wildman–Crippen MR) is 87.0 cm³/mol. The van der Waals surface area contributed by atoms with Gasteiger partial charge in [0.2, 0.25) is 0 Å². The van der Waals surface area contributed by atoms with Crippen LogP contribution in [0.15, 0.2) is 24.3 Å². The molecule has 0 radical (unpaired) electrons. The molecule has 124 valence electrons. The maximum Gasteiger partial charge on any atom is 0.154 e. The summed E-state index contributed by atoms with van der Waals surface area (Å²) in [6, 6.07) is 7.55. The van der Waals surface area contributed by atoms with Crippen molar-refractivity contribution in [1.29, 1.82) is 0 Å². The molecule has 0 saturated heterocycles. The molecule has 6 heteroatoms. The molecule has 1 aromatic rings. The first-order valence-electron chi connectivity index (χ1n) is 7.60. The maximum absolute atomic E-state index is 12.5. The second-order valence-corrected chi connectivity index (χ2v) is 8.11. The Bertz CT molecular complexity index is 599. The zero-order chi connectivity index (χ0) is 16.4. The molecule has 1 saturated carbocycles. The van der Waals surface area contributed by atoms with Crippen LogP contribution in [0.5, 0.6) is 5.75 Å². The minimum Gasteiger partial charge on any atom is -0.497 e. The van der Waals surface area contributed by atoms with Gasteiger partial charge < -0.3 is 15.2 Å². The molecule has 0 aromatic heterocycles. The molecule has 0 heterocycles. The van der Waals surface area contributed by atoms with Gasteiger partial charge in [-0.3, -0.25) is 0 Å². The zero-order valence-corrected chi connectivity index (χ0v) is 14.2. The Morgan fingerprint density at radius 1 is 1.23 bits per heavy atom. The summed E-state index contributed by atoms with van der Waals surface area (Å²) in [6.45, 7) is 4.81. The monoisotopic (exact) mass is 327 g/mol. The van der Waals surface area contributed by atoms with Crippen LogP contribution in [0.1, 0.15) is 25.3 Å². The van der Waals surface area contributed by atoms with Gasteiger partial charge in [-0.1, -0.05) is 19.1 Å². The van der Waals surface area contributed by atoms with Gasteiger partial charge in [0, 0.05) is 30.2 Å². The molecule has 22 heavy (non-hydrogen) atoms. The van der Waals surface area contributed by atoms with Crippen molar-refractivity contribution in [1.82, 2.24) is 0 Å². The van der Waals surface area contributed by atoms with Crippen molar-refractivity contribution in [2.24, 2.45) is 11.1 Å². The number of hydrogen-bond donors (Lipinski definition) is 1. The third-order valence-electron chi connectivity index (χ3n) is 4.60. The number of rotatable bonds is 8. The smallest absolute Gasteiger partial charge is 0.154 e. The van der Waals surface area contributed by atoms with Crippen molar-refractivity contribution in [3.05, 3.63) is 29.8 Å². The first kappa shape index (κ1) is 17.2. The van der Waals surface area contributed by atoms with Crippen molar-refractivity contribution in [2.75, 3.05) is 32.6 Å². The number of hydrogen-bond acceptors (Lipinski definition) is 5. The predicted octanol–water partition coefficient (Wildman–Crippen LogP) is 1.58. The normalized spacial score (nSPS) is 27.6. The van der Waals surface area contributed by atoms with Gasteiger partial charge in [-0.25, -0.2) is 8.42 Å². The van der Waals surface area contributed by atoms with Gasteiger partial charge in [0.15, 0.2) is 9.84 Å². The molecule has 0 spiro atoms. The standard InChI is InChI=1S/C16H25NO4S/c1-4-21-11-16(10-17)14(15(16)22(18,19)5-2)12-6-8-13(20-3)9-7-12/h6-9,14-15H,4-5,10-11,17H2,1-3H3/t14-,15+,16+/m1/s1. The Balaban J connectivity index is 2.37. The Morgan fingerprint density at radius 2 is 1.86 bits per heavy atom. The van der Waals surface area contributed by atoms with Gasteiger partial charge in [-0.05, 0) is 24.6 Å². The Hall–Kier alpha value is -1.11. The molecule has 0 aliphatic heterocycles. The van der Waals surface area contributed by atoms with Crippen molar-refractivity contribution in [2.45, 2.75) is 25.0 Å². The highest BCUT2D eigenvalue weighted by Crippen LogP contribution is 2.62. The lowest BCUT2D eigenvalue weighted by Gasteiger charge is -2.15. The van der Waals surface area contributed by atoms with Gasteiger partial charge in [0.1, 0.15) is 5.75 Å². The van der Waals surface area contributed by atoms with Crippen LogP contribution in [0.2, 0.25) is 0 Å². The number of sulfone groups is 1. The largest absolute Gasteiger partial charge is 0.497 e. The molecule has 0 bridgehead atoms. The molecule has 0 unspecified atom stereocenters. The summed E-state index contributed by atoms with van der Waals surface area (Å²) in [5.74, 6) is 0.764. The molecular formula is C16H25NO4S. The van der Waals surface area contributed by atoms with Crippen molar-refractivity contribution < 1.29 is 17.9 Å². The fraction of sp³-hybridized carbons (Fsp3) is 0.625. The lowest BCUT2D eigenvalue weighted by molar-refractivity contribution is 0.101. The first-order valence-corrected chi connectivity index (χ1v) is 9.31. The molecule has 1 fully saturated rings. The third kappa shape index (κ3) is 2.87. The van der Waals surface area contributed by atoms with E-state index in [0.29, 0.717) is 19.8 Å². The van der Waals surface area contributed by atoms with Gasteiger partial charge in [-0.2, -0.15) is 0 Å². The SMILES string of the molecule is CCOC[C@@]1(CN)[C@H](c2ccc(OC)cc2)[C@@H]1S(=O)(=O)CC. The Morgan fingerprint density at radius 3 is 2.32 bits per heavy atom. The summed E-state index contributed by atoms with van der Waals surface area (Å²) in [4.78, 5) is 0. The summed E-state index contributed by atoms with van der Waals surface area (Å²) < 4.78 is 35.6. The van der Waals surface area contributed by atoms with Crippen LogP contribution in [-0.4, -0.2) is 46.3 Å². The van der Waals surface area contributed by atoms with Crippen molar-refractivity contribution >= 4 is 9.84 Å². The number of nitrogens with two attached hydrogens (primary N) is 1. The Labute approximate surface area is 132 Å². The average molecular weight is 327 g/mol. The first-order chi connectivity index (χ1) is 10.5. The minimum atomic E-state index is -3.18. The van der Waals surface area contributed by atoms with E-state index in [0.717, 1.165) is 11.3 Å². The average Bonchev–Trinajstić information content (AvgIpc) is 3.23. The van der Waals surface area contributed by atoms with E-state index in [4.69, 9.17) is 15.2 Å². The quantitative estimate of drug-likeness (QED) is 0.784. The van der Waals surface area contributed by atoms with E-state index >= 15 is 0 Å². The van der Waals surface area contributed by atoms with Crippen LogP contribution in [0, 0.1) is 5.41 Å². The summed E-state index contributed by atoms with van der Waals surface area (Å²) in [6.07, 6.45) is 0. The molecule has 2 N–H and O–H groups in total. The summed E-state index contributed by atoms with van der Waals surface area (Å²) in [7, 11) is -1.57. The third-order valence-corrected chi connectivity index (χ3v) is 6.92. The second kappa shape index (κ2) is 6.56. The van der Waals surface area contributed by atoms with Crippen LogP contribution in [0.25, 0.3) is 0 Å².